The van der Waals surface area contributed by atoms with E-state index in [4.69, 9.17) is 18.6 Å². The Morgan fingerprint density at radius 1 is 0.625 bits per heavy atom. The van der Waals surface area contributed by atoms with Crippen molar-refractivity contribution in [2.24, 2.45) is 0 Å². The first-order valence-corrected chi connectivity index (χ1v) is 10.4. The standard InChI is InChI=1S/C28H6N12/c1-35-19-3-15(7-29)25(16(4-19)8-30)21(11-33)23-13-37-28-27(39-23)38-14-24(40-28)22(12-34)26-17(9-31)5-20(36-2)6-18(26)10-32/h3-6,13-14H/b23-21-,24-22+/i3D,4D,5D,6D. The van der Waals surface area contributed by atoms with E-state index in [1.54, 1.807) is 36.4 Å². The second kappa shape index (κ2) is 10.6. The fraction of sp³-hybridized carbons (Fsp3) is 0. The van der Waals surface area contributed by atoms with Crippen LogP contribution in [0.4, 0.5) is 11.4 Å². The van der Waals surface area contributed by atoms with Gasteiger partial charge in [0.15, 0.2) is 22.7 Å². The second-order valence-corrected chi connectivity index (χ2v) is 7.25. The van der Waals surface area contributed by atoms with Crippen LogP contribution in [0.3, 0.4) is 0 Å². The molecule has 0 aliphatic rings. The van der Waals surface area contributed by atoms with Crippen molar-refractivity contribution < 1.29 is 5.48 Å². The predicted octanol–water partition coefficient (Wildman–Crippen LogP) is 2.45. The summed E-state index contributed by atoms with van der Waals surface area (Å²) in [4.78, 5) is 22.7. The van der Waals surface area contributed by atoms with E-state index in [1.807, 2.05) is 0 Å². The van der Waals surface area contributed by atoms with Crippen molar-refractivity contribution in [3.8, 4) is 36.4 Å². The van der Waals surface area contributed by atoms with E-state index in [2.05, 4.69) is 29.6 Å². The lowest BCUT2D eigenvalue weighted by Gasteiger charge is -2.07. The molecule has 0 saturated heterocycles. The zero-order valence-electron chi connectivity index (χ0n) is 23.5. The second-order valence-electron chi connectivity index (χ2n) is 7.25. The Bertz CT molecular complexity index is 2230. The summed E-state index contributed by atoms with van der Waals surface area (Å²) in [7, 11) is 0. The molecule has 0 amide bonds. The maximum absolute atomic E-state index is 9.98. The molecule has 12 nitrogen and oxygen atoms in total. The van der Waals surface area contributed by atoms with Crippen molar-refractivity contribution >= 4 is 33.8 Å². The Morgan fingerprint density at radius 3 is 1.20 bits per heavy atom. The molecule has 0 aliphatic heterocycles. The maximum Gasteiger partial charge on any atom is 0.198 e. The lowest BCUT2D eigenvalue weighted by molar-refractivity contribution is 1.10. The van der Waals surface area contributed by atoms with Gasteiger partial charge in [0.1, 0.15) is 22.8 Å². The van der Waals surface area contributed by atoms with Crippen molar-refractivity contribution in [3.63, 3.8) is 0 Å². The number of aromatic nitrogens is 4. The molecule has 40 heavy (non-hydrogen) atoms. The summed E-state index contributed by atoms with van der Waals surface area (Å²) in [6.07, 6.45) is 2.05. The van der Waals surface area contributed by atoms with Gasteiger partial charge in [-0.2, -0.15) is 31.6 Å². The Labute approximate surface area is 231 Å². The van der Waals surface area contributed by atoms with E-state index in [0.717, 1.165) is 12.4 Å². The van der Waals surface area contributed by atoms with Crippen LogP contribution in [0.2, 0.25) is 0 Å². The highest BCUT2D eigenvalue weighted by Crippen LogP contribution is 2.28. The highest BCUT2D eigenvalue weighted by Gasteiger charge is 2.19. The molecule has 2 heterocycles. The largest absolute Gasteiger partial charge is 0.238 e. The van der Waals surface area contributed by atoms with Crippen LogP contribution in [0.25, 0.3) is 32.1 Å². The number of fused-ring (bicyclic) bond motifs is 1. The highest BCUT2D eigenvalue weighted by molar-refractivity contribution is 5.86. The Hall–Kier alpha value is -7.48. The molecular weight excluding hydrogens is 504 g/mol. The van der Waals surface area contributed by atoms with Gasteiger partial charge in [-0.15, -0.1) is 0 Å². The zero-order chi connectivity index (χ0) is 32.3. The third kappa shape index (κ3) is 4.31. The fourth-order valence-corrected chi connectivity index (χ4v) is 3.51. The summed E-state index contributed by atoms with van der Waals surface area (Å²) in [5.74, 6) is 0. The minimum absolute atomic E-state index is 0.199. The molecule has 0 atom stereocenters. The topological polar surface area (TPSA) is 203 Å². The predicted molar refractivity (Wildman–Crippen MR) is 135 cm³/mol. The highest BCUT2D eigenvalue weighted by atomic mass is 15.0. The molecule has 0 bridgehead atoms. The maximum atomic E-state index is 9.98. The summed E-state index contributed by atoms with van der Waals surface area (Å²) in [6.45, 7) is 14.4. The Balaban J connectivity index is 2.11. The van der Waals surface area contributed by atoms with Crippen LogP contribution in [-0.4, -0.2) is 19.9 Å². The molecule has 4 aromatic rings. The van der Waals surface area contributed by atoms with Crippen molar-refractivity contribution in [1.29, 1.82) is 31.6 Å². The van der Waals surface area contributed by atoms with E-state index in [-0.39, 0.29) is 33.1 Å². The number of nitrogens with zero attached hydrogens (tertiary/aromatic N) is 12. The van der Waals surface area contributed by atoms with Crippen molar-refractivity contribution in [2.45, 2.75) is 0 Å². The normalized spacial score (nSPS) is 12.5. The minimum atomic E-state index is -0.642. The minimum Gasteiger partial charge on any atom is -0.238 e. The lowest BCUT2D eigenvalue weighted by Crippen LogP contribution is -2.19. The molecular formula is C28H6N12. The van der Waals surface area contributed by atoms with Gasteiger partial charge in [0.2, 0.25) is 0 Å². The molecule has 2 aromatic carbocycles. The molecule has 0 radical (unpaired) electrons. The summed E-state index contributed by atoms with van der Waals surface area (Å²) >= 11 is 0. The number of nitriles is 6. The third-order valence-corrected chi connectivity index (χ3v) is 5.15. The zero-order valence-corrected chi connectivity index (χ0v) is 19.5. The first-order chi connectivity index (χ1) is 21.2. The lowest BCUT2D eigenvalue weighted by atomic mass is 9.94. The molecule has 178 valence electrons. The van der Waals surface area contributed by atoms with Crippen molar-refractivity contribution in [3.05, 3.63) is 103 Å². The Kier molecular flexibility index (Phi) is 5.50. The van der Waals surface area contributed by atoms with Gasteiger partial charge in [-0.1, -0.05) is 0 Å². The van der Waals surface area contributed by atoms with Gasteiger partial charge in [-0.25, -0.2) is 29.6 Å². The molecule has 12 heteroatoms. The quantitative estimate of drug-likeness (QED) is 0.357. The summed E-state index contributed by atoms with van der Waals surface area (Å²) < 4.78 is 32.7. The number of rotatable bonds is 2. The van der Waals surface area contributed by atoms with Gasteiger partial charge < -0.3 is 0 Å². The van der Waals surface area contributed by atoms with Gasteiger partial charge >= 0.3 is 0 Å². The molecule has 0 aliphatic carbocycles. The van der Waals surface area contributed by atoms with E-state index in [0.29, 0.717) is 0 Å². The summed E-state index contributed by atoms with van der Waals surface area (Å²) in [6, 6.07) is 7.84. The summed E-state index contributed by atoms with van der Waals surface area (Å²) in [5.41, 5.74) is -5.05. The van der Waals surface area contributed by atoms with Crippen LogP contribution < -0.4 is 10.7 Å². The molecule has 0 unspecified atom stereocenters. The van der Waals surface area contributed by atoms with Gasteiger partial charge in [0.05, 0.1) is 88.7 Å². The van der Waals surface area contributed by atoms with Crippen molar-refractivity contribution in [1.82, 2.24) is 19.9 Å². The van der Waals surface area contributed by atoms with Gasteiger partial charge in [-0.3, -0.25) is 0 Å². The van der Waals surface area contributed by atoms with E-state index >= 15 is 0 Å². The third-order valence-electron chi connectivity index (χ3n) is 5.15. The van der Waals surface area contributed by atoms with Gasteiger partial charge in [-0.05, 0) is 24.2 Å². The van der Waals surface area contributed by atoms with Crippen LogP contribution >= 0.6 is 0 Å². The van der Waals surface area contributed by atoms with Crippen LogP contribution in [0.1, 0.15) is 38.9 Å². The van der Waals surface area contributed by atoms with E-state index in [1.165, 1.54) is 0 Å². The van der Waals surface area contributed by atoms with Gasteiger partial charge in [0.25, 0.3) is 0 Å². The first-order valence-electron chi connectivity index (χ1n) is 12.4. The van der Waals surface area contributed by atoms with Crippen LogP contribution in [0.5, 0.6) is 0 Å². The van der Waals surface area contributed by atoms with Crippen LogP contribution in [0, 0.1) is 81.1 Å². The van der Waals surface area contributed by atoms with Crippen molar-refractivity contribution in [2.75, 3.05) is 0 Å². The smallest absolute Gasteiger partial charge is 0.198 e. The molecule has 0 saturated carbocycles. The Morgan fingerprint density at radius 2 is 0.950 bits per heavy atom. The molecule has 0 spiro atoms. The van der Waals surface area contributed by atoms with Crippen LogP contribution in [-0.2, 0) is 0 Å². The number of benzene rings is 2. The summed E-state index contributed by atoms with van der Waals surface area (Å²) in [5, 5.41) is 58.3. The van der Waals surface area contributed by atoms with Crippen LogP contribution in [0.15, 0.2) is 36.6 Å². The molecule has 4 rings (SSSR count). The molecule has 0 N–H and O–H groups in total. The van der Waals surface area contributed by atoms with Gasteiger partial charge in [0, 0.05) is 11.1 Å². The van der Waals surface area contributed by atoms with E-state index < -0.39 is 68.9 Å². The SMILES string of the molecule is [2H]c1c(C#N)c(/C(C#N)=c2\cnc3n/c(=C(/C#N)c4c(C#N)c([2H])c([N+]#[C-])c([2H])c4C#N)cnc3n2)c(C#N)c([2H])c1[N+]#[C-]. The number of hydrogen-bond acceptors (Lipinski definition) is 10. The monoisotopic (exact) mass is 514 g/mol. The average Bonchev–Trinajstić information content (AvgIpc) is 3.02. The fourth-order valence-electron chi connectivity index (χ4n) is 3.51. The number of hydrogen-bond donors (Lipinski definition) is 0. The molecule has 0 fully saturated rings. The van der Waals surface area contributed by atoms with E-state index in [9.17, 15) is 31.6 Å². The first kappa shape index (κ1) is 20.7. The average molecular weight is 514 g/mol. The molecule has 2 aromatic heterocycles.